The summed E-state index contributed by atoms with van der Waals surface area (Å²) < 4.78 is 1.53. The number of hydrogen-bond acceptors (Lipinski definition) is 4. The van der Waals surface area contributed by atoms with Gasteiger partial charge in [0.25, 0.3) is 5.91 Å². The number of amides is 2. The fourth-order valence-electron chi connectivity index (χ4n) is 2.34. The molecule has 104 valence electrons. The number of nitrogens with one attached hydrogen (secondary N) is 1. The third kappa shape index (κ3) is 3.04. The SMILES string of the molecule is CC(=O)NC1CCN(C(=O)c2nn(C)cc2N)CC1. The van der Waals surface area contributed by atoms with Gasteiger partial charge in [0.15, 0.2) is 5.69 Å². The first-order valence-electron chi connectivity index (χ1n) is 6.33. The molecule has 2 heterocycles. The van der Waals surface area contributed by atoms with Crippen LogP contribution in [-0.2, 0) is 11.8 Å². The fraction of sp³-hybridized carbons (Fsp3) is 0.583. The summed E-state index contributed by atoms with van der Waals surface area (Å²) in [5.41, 5.74) is 6.46. The summed E-state index contributed by atoms with van der Waals surface area (Å²) in [7, 11) is 1.73. The van der Waals surface area contributed by atoms with Crippen LogP contribution in [0.15, 0.2) is 6.20 Å². The number of anilines is 1. The Balaban J connectivity index is 1.96. The molecular weight excluding hydrogens is 246 g/mol. The van der Waals surface area contributed by atoms with Gasteiger partial charge in [-0.25, -0.2) is 0 Å². The summed E-state index contributed by atoms with van der Waals surface area (Å²) in [5, 5.41) is 6.96. The molecule has 0 radical (unpaired) electrons. The van der Waals surface area contributed by atoms with Gasteiger partial charge in [-0.3, -0.25) is 14.3 Å². The normalized spacial score (nSPS) is 16.4. The van der Waals surface area contributed by atoms with Crippen LogP contribution in [0.2, 0.25) is 0 Å². The van der Waals surface area contributed by atoms with Gasteiger partial charge in [-0.1, -0.05) is 0 Å². The van der Waals surface area contributed by atoms with Crippen LogP contribution in [0.4, 0.5) is 5.69 Å². The van der Waals surface area contributed by atoms with Crippen molar-refractivity contribution in [2.75, 3.05) is 18.8 Å². The zero-order valence-electron chi connectivity index (χ0n) is 11.2. The minimum Gasteiger partial charge on any atom is -0.396 e. The highest BCUT2D eigenvalue weighted by Crippen LogP contribution is 2.16. The molecule has 3 N–H and O–H groups in total. The smallest absolute Gasteiger partial charge is 0.276 e. The number of likely N-dealkylation sites (tertiary alicyclic amines) is 1. The van der Waals surface area contributed by atoms with Crippen LogP contribution in [0.25, 0.3) is 0 Å². The first kappa shape index (κ1) is 13.4. The topological polar surface area (TPSA) is 93.2 Å². The zero-order chi connectivity index (χ0) is 14.0. The largest absolute Gasteiger partial charge is 0.396 e. The highest BCUT2D eigenvalue weighted by molar-refractivity contribution is 5.97. The second kappa shape index (κ2) is 5.29. The summed E-state index contributed by atoms with van der Waals surface area (Å²) in [6.45, 7) is 2.73. The molecule has 2 amide bonds. The molecule has 0 aromatic carbocycles. The van der Waals surface area contributed by atoms with E-state index < -0.39 is 0 Å². The minimum absolute atomic E-state index is 0.0289. The monoisotopic (exact) mass is 265 g/mol. The Hall–Kier alpha value is -2.05. The maximum atomic E-state index is 12.2. The van der Waals surface area contributed by atoms with Crippen molar-refractivity contribution in [2.45, 2.75) is 25.8 Å². The summed E-state index contributed by atoms with van der Waals surface area (Å²) in [4.78, 5) is 25.0. The molecule has 0 aliphatic carbocycles. The van der Waals surface area contributed by atoms with E-state index in [1.807, 2.05) is 0 Å². The molecular formula is C12H19N5O2. The Labute approximate surface area is 111 Å². The lowest BCUT2D eigenvalue weighted by Crippen LogP contribution is -2.46. The number of hydrogen-bond donors (Lipinski definition) is 2. The van der Waals surface area contributed by atoms with E-state index in [1.165, 1.54) is 11.6 Å². The molecule has 7 nitrogen and oxygen atoms in total. The number of carbonyl (C=O) groups is 2. The van der Waals surface area contributed by atoms with Crippen LogP contribution >= 0.6 is 0 Å². The number of aromatic nitrogens is 2. The molecule has 7 heteroatoms. The van der Waals surface area contributed by atoms with Crippen LogP contribution in [0, 0.1) is 0 Å². The molecule has 1 aromatic rings. The average molecular weight is 265 g/mol. The van der Waals surface area contributed by atoms with Crippen molar-refractivity contribution in [3.05, 3.63) is 11.9 Å². The first-order chi connectivity index (χ1) is 8.97. The fourth-order valence-corrected chi connectivity index (χ4v) is 2.34. The molecule has 0 atom stereocenters. The van der Waals surface area contributed by atoms with E-state index in [0.717, 1.165) is 12.8 Å². The summed E-state index contributed by atoms with van der Waals surface area (Å²) in [6.07, 6.45) is 3.15. The van der Waals surface area contributed by atoms with Gasteiger partial charge in [0.05, 0.1) is 5.69 Å². The maximum Gasteiger partial charge on any atom is 0.276 e. The standard InChI is InChI=1S/C12H19N5O2/c1-8(18)14-9-3-5-17(6-4-9)12(19)11-10(13)7-16(2)15-11/h7,9H,3-6,13H2,1-2H3,(H,14,18). The number of aryl methyl sites for hydroxylation is 1. The van der Waals surface area contributed by atoms with Gasteiger partial charge in [0.2, 0.25) is 5.91 Å². The second-order valence-electron chi connectivity index (χ2n) is 4.87. The quantitative estimate of drug-likeness (QED) is 0.770. The molecule has 1 aliphatic rings. The molecule has 1 saturated heterocycles. The minimum atomic E-state index is -0.139. The van der Waals surface area contributed by atoms with Gasteiger partial charge in [0, 0.05) is 39.3 Å². The van der Waals surface area contributed by atoms with Gasteiger partial charge < -0.3 is 16.0 Å². The van der Waals surface area contributed by atoms with Crippen LogP contribution in [0.1, 0.15) is 30.3 Å². The number of carbonyl (C=O) groups excluding carboxylic acids is 2. The van der Waals surface area contributed by atoms with E-state index in [4.69, 9.17) is 5.73 Å². The van der Waals surface area contributed by atoms with E-state index >= 15 is 0 Å². The maximum absolute atomic E-state index is 12.2. The summed E-state index contributed by atoms with van der Waals surface area (Å²) in [5.74, 6) is -0.168. The molecule has 0 bridgehead atoms. The second-order valence-corrected chi connectivity index (χ2v) is 4.87. The average Bonchev–Trinajstić information content (AvgIpc) is 2.68. The summed E-state index contributed by atoms with van der Waals surface area (Å²) in [6, 6.07) is 0.155. The predicted molar refractivity (Wildman–Crippen MR) is 70.4 cm³/mol. The van der Waals surface area contributed by atoms with Crippen LogP contribution in [0.3, 0.4) is 0 Å². The number of rotatable bonds is 2. The highest BCUT2D eigenvalue weighted by Gasteiger charge is 2.26. The van der Waals surface area contributed by atoms with E-state index in [9.17, 15) is 9.59 Å². The third-order valence-electron chi connectivity index (χ3n) is 3.25. The Morgan fingerprint density at radius 1 is 1.42 bits per heavy atom. The first-order valence-corrected chi connectivity index (χ1v) is 6.33. The molecule has 19 heavy (non-hydrogen) atoms. The van der Waals surface area contributed by atoms with Crippen molar-refractivity contribution in [2.24, 2.45) is 7.05 Å². The molecule has 1 aromatic heterocycles. The van der Waals surface area contributed by atoms with Crippen LogP contribution < -0.4 is 11.1 Å². The van der Waals surface area contributed by atoms with Crippen molar-refractivity contribution in [1.82, 2.24) is 20.0 Å². The van der Waals surface area contributed by atoms with E-state index in [2.05, 4.69) is 10.4 Å². The van der Waals surface area contributed by atoms with Crippen molar-refractivity contribution in [3.8, 4) is 0 Å². The van der Waals surface area contributed by atoms with E-state index in [1.54, 1.807) is 18.1 Å². The van der Waals surface area contributed by atoms with Crippen LogP contribution in [0.5, 0.6) is 0 Å². The lowest BCUT2D eigenvalue weighted by Gasteiger charge is -2.31. The van der Waals surface area contributed by atoms with E-state index in [-0.39, 0.29) is 17.9 Å². The molecule has 1 aliphatic heterocycles. The molecule has 0 unspecified atom stereocenters. The molecule has 0 saturated carbocycles. The Bertz CT molecular complexity index is 488. The van der Waals surface area contributed by atoms with Crippen molar-refractivity contribution < 1.29 is 9.59 Å². The van der Waals surface area contributed by atoms with Gasteiger partial charge in [-0.2, -0.15) is 5.10 Å². The molecule has 0 spiro atoms. The van der Waals surface area contributed by atoms with Gasteiger partial charge in [0.1, 0.15) is 0 Å². The Kier molecular flexibility index (Phi) is 3.73. The number of piperidine rings is 1. The van der Waals surface area contributed by atoms with Crippen LogP contribution in [-0.4, -0.2) is 45.6 Å². The summed E-state index contributed by atoms with van der Waals surface area (Å²) >= 11 is 0. The van der Waals surface area contributed by atoms with Gasteiger partial charge in [-0.15, -0.1) is 0 Å². The lowest BCUT2D eigenvalue weighted by molar-refractivity contribution is -0.119. The van der Waals surface area contributed by atoms with Crippen molar-refractivity contribution >= 4 is 17.5 Å². The number of nitrogens with zero attached hydrogens (tertiary/aromatic N) is 3. The third-order valence-corrected chi connectivity index (χ3v) is 3.25. The van der Waals surface area contributed by atoms with Gasteiger partial charge >= 0.3 is 0 Å². The molecule has 2 rings (SSSR count). The zero-order valence-corrected chi connectivity index (χ0v) is 11.2. The van der Waals surface area contributed by atoms with Crippen molar-refractivity contribution in [1.29, 1.82) is 0 Å². The van der Waals surface area contributed by atoms with E-state index in [0.29, 0.717) is 24.5 Å². The lowest BCUT2D eigenvalue weighted by atomic mass is 10.0. The number of nitrogen functional groups attached to an aromatic ring is 1. The van der Waals surface area contributed by atoms with Gasteiger partial charge in [-0.05, 0) is 12.8 Å². The number of nitrogens with two attached hydrogens (primary N) is 1. The Morgan fingerprint density at radius 3 is 2.53 bits per heavy atom. The Morgan fingerprint density at radius 2 is 2.05 bits per heavy atom. The molecule has 1 fully saturated rings. The highest BCUT2D eigenvalue weighted by atomic mass is 16.2. The van der Waals surface area contributed by atoms with Crippen molar-refractivity contribution in [3.63, 3.8) is 0 Å². The predicted octanol–water partition coefficient (Wildman–Crippen LogP) is -0.257.